The Kier molecular flexibility index (Phi) is 4.08. The van der Waals surface area contributed by atoms with Crippen LogP contribution in [0.5, 0.6) is 5.75 Å². The van der Waals surface area contributed by atoms with Gasteiger partial charge in [-0.3, -0.25) is 4.79 Å². The van der Waals surface area contributed by atoms with E-state index in [1.54, 1.807) is 6.92 Å². The zero-order chi connectivity index (χ0) is 11.4. The van der Waals surface area contributed by atoms with Crippen molar-refractivity contribution >= 4 is 21.9 Å². The van der Waals surface area contributed by atoms with Crippen LogP contribution in [0.4, 0.5) is 4.39 Å². The second-order valence-corrected chi connectivity index (χ2v) is 3.70. The molecule has 0 heterocycles. The van der Waals surface area contributed by atoms with E-state index in [1.807, 2.05) is 0 Å². The minimum atomic E-state index is -0.794. The maximum absolute atomic E-state index is 13.4. The predicted molar refractivity (Wildman–Crippen MR) is 56.1 cm³/mol. The van der Waals surface area contributed by atoms with Crippen molar-refractivity contribution < 1.29 is 19.0 Å². The van der Waals surface area contributed by atoms with E-state index in [-0.39, 0.29) is 18.6 Å². The molecule has 0 aliphatic rings. The van der Waals surface area contributed by atoms with E-state index >= 15 is 0 Å². The molecule has 0 fully saturated rings. The fourth-order valence-electron chi connectivity index (χ4n) is 1.10. The van der Waals surface area contributed by atoms with Crippen LogP contribution in [-0.2, 0) is 16.0 Å². The van der Waals surface area contributed by atoms with Crippen LogP contribution in [0, 0.1) is 5.82 Å². The van der Waals surface area contributed by atoms with Gasteiger partial charge in [-0.25, -0.2) is 4.39 Å². The monoisotopic (exact) mass is 276 g/mol. The number of rotatable bonds is 3. The molecule has 0 radical (unpaired) electrons. The highest BCUT2D eigenvalue weighted by atomic mass is 79.9. The van der Waals surface area contributed by atoms with Crippen molar-refractivity contribution in [2.24, 2.45) is 0 Å². The predicted octanol–water partition coefficient (Wildman–Crippen LogP) is 2.40. The van der Waals surface area contributed by atoms with Gasteiger partial charge in [0.15, 0.2) is 11.6 Å². The van der Waals surface area contributed by atoms with Gasteiger partial charge in [-0.1, -0.05) is 15.9 Å². The molecule has 0 aliphatic heterocycles. The smallest absolute Gasteiger partial charge is 0.310 e. The van der Waals surface area contributed by atoms with Crippen molar-refractivity contribution in [2.75, 3.05) is 6.61 Å². The summed E-state index contributed by atoms with van der Waals surface area (Å²) in [5.41, 5.74) is 0.105. The summed E-state index contributed by atoms with van der Waals surface area (Å²) < 4.78 is 18.5. The molecule has 0 atom stereocenters. The summed E-state index contributed by atoms with van der Waals surface area (Å²) in [6, 6.07) is 2.70. The molecule has 0 spiro atoms. The number of aromatic hydroxyl groups is 1. The maximum Gasteiger partial charge on any atom is 0.310 e. The first-order valence-electron chi connectivity index (χ1n) is 4.37. The van der Waals surface area contributed by atoms with Gasteiger partial charge in [0.2, 0.25) is 0 Å². The van der Waals surface area contributed by atoms with Crippen LogP contribution in [0.15, 0.2) is 16.6 Å². The number of ether oxygens (including phenoxy) is 1. The van der Waals surface area contributed by atoms with E-state index < -0.39 is 17.5 Å². The summed E-state index contributed by atoms with van der Waals surface area (Å²) in [7, 11) is 0. The molecular weight excluding hydrogens is 267 g/mol. The molecule has 0 unspecified atom stereocenters. The number of hydrogen-bond acceptors (Lipinski definition) is 3. The van der Waals surface area contributed by atoms with Gasteiger partial charge in [-0.15, -0.1) is 0 Å². The van der Waals surface area contributed by atoms with Crippen LogP contribution < -0.4 is 0 Å². The van der Waals surface area contributed by atoms with Crippen molar-refractivity contribution in [1.29, 1.82) is 0 Å². The molecule has 0 aliphatic carbocycles. The number of benzene rings is 1. The zero-order valence-electron chi connectivity index (χ0n) is 8.09. The van der Waals surface area contributed by atoms with Crippen LogP contribution in [0.2, 0.25) is 0 Å². The minimum Gasteiger partial charge on any atom is -0.505 e. The lowest BCUT2D eigenvalue weighted by Crippen LogP contribution is -2.09. The standard InChI is InChI=1S/C10H10BrFO3/c1-2-15-9(14)5-6-7(11)3-4-8(13)10(6)12/h3-4,13H,2,5H2,1H3. The summed E-state index contributed by atoms with van der Waals surface area (Å²) in [4.78, 5) is 11.1. The number of phenolic OH excluding ortho intramolecular Hbond substituents is 1. The van der Waals surface area contributed by atoms with E-state index in [1.165, 1.54) is 12.1 Å². The number of phenols is 1. The molecule has 0 saturated carbocycles. The molecule has 3 nitrogen and oxygen atoms in total. The van der Waals surface area contributed by atoms with Crippen molar-refractivity contribution in [3.05, 3.63) is 28.0 Å². The van der Waals surface area contributed by atoms with Gasteiger partial charge in [0.05, 0.1) is 13.0 Å². The Hall–Kier alpha value is -1.10. The summed E-state index contributed by atoms with van der Waals surface area (Å²) >= 11 is 3.10. The molecule has 1 N–H and O–H groups in total. The molecular formula is C10H10BrFO3. The molecule has 5 heteroatoms. The third kappa shape index (κ3) is 2.92. The Morgan fingerprint density at radius 1 is 1.60 bits per heavy atom. The Balaban J connectivity index is 2.93. The third-order valence-electron chi connectivity index (χ3n) is 1.79. The normalized spacial score (nSPS) is 10.1. The highest BCUT2D eigenvalue weighted by Crippen LogP contribution is 2.27. The Morgan fingerprint density at radius 2 is 2.27 bits per heavy atom. The first kappa shape index (κ1) is 12.0. The Morgan fingerprint density at radius 3 is 2.87 bits per heavy atom. The lowest BCUT2D eigenvalue weighted by atomic mass is 10.1. The Bertz CT molecular complexity index is 379. The van der Waals surface area contributed by atoms with Gasteiger partial charge >= 0.3 is 5.97 Å². The molecule has 1 aromatic carbocycles. The highest BCUT2D eigenvalue weighted by molar-refractivity contribution is 9.10. The molecule has 0 amide bonds. The van der Waals surface area contributed by atoms with Crippen LogP contribution in [0.3, 0.4) is 0 Å². The minimum absolute atomic E-state index is 0.105. The quantitative estimate of drug-likeness (QED) is 0.863. The second-order valence-electron chi connectivity index (χ2n) is 2.84. The van der Waals surface area contributed by atoms with Crippen molar-refractivity contribution in [2.45, 2.75) is 13.3 Å². The number of carbonyl (C=O) groups is 1. The SMILES string of the molecule is CCOC(=O)Cc1c(Br)ccc(O)c1F. The van der Waals surface area contributed by atoms with Gasteiger partial charge in [0.1, 0.15) is 0 Å². The third-order valence-corrected chi connectivity index (χ3v) is 2.54. The molecule has 0 bridgehead atoms. The summed E-state index contributed by atoms with van der Waals surface area (Å²) in [6.07, 6.45) is -0.200. The van der Waals surface area contributed by atoms with E-state index in [0.717, 1.165) is 0 Å². The number of carbonyl (C=O) groups excluding carboxylic acids is 1. The van der Waals surface area contributed by atoms with E-state index in [2.05, 4.69) is 20.7 Å². The van der Waals surface area contributed by atoms with Gasteiger partial charge in [-0.05, 0) is 19.1 Å². The Labute approximate surface area is 95.0 Å². The van der Waals surface area contributed by atoms with Crippen LogP contribution in [0.25, 0.3) is 0 Å². The average molecular weight is 277 g/mol. The summed E-state index contributed by atoms with van der Waals surface area (Å²) in [5.74, 6) is -1.79. The number of halogens is 2. The van der Waals surface area contributed by atoms with Crippen molar-refractivity contribution in [1.82, 2.24) is 0 Å². The van der Waals surface area contributed by atoms with Crippen LogP contribution in [0.1, 0.15) is 12.5 Å². The average Bonchev–Trinajstić information content (AvgIpc) is 2.19. The fraction of sp³-hybridized carbons (Fsp3) is 0.300. The molecule has 82 valence electrons. The topological polar surface area (TPSA) is 46.5 Å². The largest absolute Gasteiger partial charge is 0.505 e. The van der Waals surface area contributed by atoms with Gasteiger partial charge in [-0.2, -0.15) is 0 Å². The van der Waals surface area contributed by atoms with Crippen molar-refractivity contribution in [3.63, 3.8) is 0 Å². The first-order chi connectivity index (χ1) is 7.06. The van der Waals surface area contributed by atoms with Gasteiger partial charge in [0, 0.05) is 10.0 Å². The molecule has 1 aromatic rings. The number of esters is 1. The zero-order valence-corrected chi connectivity index (χ0v) is 9.67. The summed E-state index contributed by atoms with van der Waals surface area (Å²) in [5, 5.41) is 9.12. The van der Waals surface area contributed by atoms with E-state index in [9.17, 15) is 9.18 Å². The molecule has 0 saturated heterocycles. The van der Waals surface area contributed by atoms with Crippen molar-refractivity contribution in [3.8, 4) is 5.75 Å². The van der Waals surface area contributed by atoms with Crippen LogP contribution >= 0.6 is 15.9 Å². The van der Waals surface area contributed by atoms with Crippen LogP contribution in [-0.4, -0.2) is 17.7 Å². The lowest BCUT2D eigenvalue weighted by Gasteiger charge is -2.06. The highest BCUT2D eigenvalue weighted by Gasteiger charge is 2.15. The molecule has 0 aromatic heterocycles. The molecule has 15 heavy (non-hydrogen) atoms. The first-order valence-corrected chi connectivity index (χ1v) is 5.17. The molecule has 1 rings (SSSR count). The van der Waals surface area contributed by atoms with E-state index in [4.69, 9.17) is 5.11 Å². The lowest BCUT2D eigenvalue weighted by molar-refractivity contribution is -0.142. The summed E-state index contributed by atoms with van der Waals surface area (Å²) in [6.45, 7) is 1.92. The van der Waals surface area contributed by atoms with E-state index in [0.29, 0.717) is 4.47 Å². The number of hydrogen-bond donors (Lipinski definition) is 1. The second kappa shape index (κ2) is 5.11. The van der Waals surface area contributed by atoms with Gasteiger partial charge in [0.25, 0.3) is 0 Å². The fourth-order valence-corrected chi connectivity index (χ4v) is 1.55. The van der Waals surface area contributed by atoms with Gasteiger partial charge < -0.3 is 9.84 Å². The maximum atomic E-state index is 13.4.